The molecule has 4 heteroatoms. The van der Waals surface area contributed by atoms with Crippen LogP contribution in [-0.4, -0.2) is 31.6 Å². The minimum atomic E-state index is 0.329. The SMILES string of the molecule is COc1ccc(CNCC(c2ccco2)N2CCCC2)cc1. The molecule has 1 atom stereocenters. The number of furan rings is 1. The van der Waals surface area contributed by atoms with Crippen LogP contribution in [0.1, 0.15) is 30.2 Å². The van der Waals surface area contributed by atoms with Crippen molar-refractivity contribution in [1.82, 2.24) is 10.2 Å². The van der Waals surface area contributed by atoms with Gasteiger partial charge >= 0.3 is 0 Å². The van der Waals surface area contributed by atoms with E-state index in [2.05, 4.69) is 28.4 Å². The topological polar surface area (TPSA) is 37.6 Å². The maximum absolute atomic E-state index is 5.64. The lowest BCUT2D eigenvalue weighted by Gasteiger charge is -2.26. The first-order chi connectivity index (χ1) is 10.9. The van der Waals surface area contributed by atoms with Gasteiger partial charge in [-0.25, -0.2) is 0 Å². The molecule has 4 nitrogen and oxygen atoms in total. The molecule has 0 radical (unpaired) electrons. The molecule has 1 N–H and O–H groups in total. The first kappa shape index (κ1) is 15.1. The van der Waals surface area contributed by atoms with Crippen molar-refractivity contribution in [2.24, 2.45) is 0 Å². The Morgan fingerprint density at radius 3 is 2.59 bits per heavy atom. The Balaban J connectivity index is 1.56. The Hall–Kier alpha value is -1.78. The van der Waals surface area contributed by atoms with Gasteiger partial charge in [-0.15, -0.1) is 0 Å². The summed E-state index contributed by atoms with van der Waals surface area (Å²) in [6.45, 7) is 4.08. The molecule has 0 bridgehead atoms. The number of nitrogens with one attached hydrogen (secondary N) is 1. The lowest BCUT2D eigenvalue weighted by atomic mass is 10.1. The van der Waals surface area contributed by atoms with Crippen molar-refractivity contribution in [2.75, 3.05) is 26.7 Å². The highest BCUT2D eigenvalue weighted by atomic mass is 16.5. The fourth-order valence-corrected chi connectivity index (χ4v) is 3.04. The van der Waals surface area contributed by atoms with Crippen LogP contribution in [0.15, 0.2) is 47.1 Å². The molecule has 22 heavy (non-hydrogen) atoms. The van der Waals surface area contributed by atoms with Gasteiger partial charge in [-0.05, 0) is 55.8 Å². The van der Waals surface area contributed by atoms with Gasteiger partial charge in [-0.2, -0.15) is 0 Å². The number of hydrogen-bond donors (Lipinski definition) is 1. The zero-order valence-corrected chi connectivity index (χ0v) is 13.1. The molecule has 1 fully saturated rings. The summed E-state index contributed by atoms with van der Waals surface area (Å²) in [4.78, 5) is 2.51. The molecule has 1 unspecified atom stereocenters. The Bertz CT molecular complexity index is 545. The Kier molecular flexibility index (Phi) is 5.14. The average Bonchev–Trinajstić information content (AvgIpc) is 3.26. The number of methoxy groups -OCH3 is 1. The van der Waals surface area contributed by atoms with Crippen LogP contribution in [0.5, 0.6) is 5.75 Å². The average molecular weight is 300 g/mol. The zero-order chi connectivity index (χ0) is 15.2. The molecule has 1 saturated heterocycles. The van der Waals surface area contributed by atoms with Crippen molar-refractivity contribution in [1.29, 1.82) is 0 Å². The van der Waals surface area contributed by atoms with E-state index < -0.39 is 0 Å². The second-order valence-electron chi connectivity index (χ2n) is 5.75. The maximum Gasteiger partial charge on any atom is 0.122 e. The summed E-state index contributed by atoms with van der Waals surface area (Å²) in [6.07, 6.45) is 4.34. The van der Waals surface area contributed by atoms with E-state index in [1.807, 2.05) is 18.2 Å². The molecule has 1 aromatic heterocycles. The molecule has 2 heterocycles. The molecule has 2 aromatic rings. The molecule has 1 aromatic carbocycles. The van der Waals surface area contributed by atoms with Crippen molar-refractivity contribution in [2.45, 2.75) is 25.4 Å². The summed E-state index contributed by atoms with van der Waals surface area (Å²) in [5, 5.41) is 3.56. The van der Waals surface area contributed by atoms with E-state index in [4.69, 9.17) is 9.15 Å². The second-order valence-corrected chi connectivity index (χ2v) is 5.75. The van der Waals surface area contributed by atoms with Crippen molar-refractivity contribution >= 4 is 0 Å². The first-order valence-corrected chi connectivity index (χ1v) is 7.98. The van der Waals surface area contributed by atoms with Gasteiger partial charge in [-0.3, -0.25) is 4.90 Å². The van der Waals surface area contributed by atoms with Gasteiger partial charge < -0.3 is 14.5 Å². The number of hydrogen-bond acceptors (Lipinski definition) is 4. The van der Waals surface area contributed by atoms with Crippen LogP contribution in [0.3, 0.4) is 0 Å². The van der Waals surface area contributed by atoms with Gasteiger partial charge in [0.1, 0.15) is 11.5 Å². The Morgan fingerprint density at radius 2 is 1.95 bits per heavy atom. The summed E-state index contributed by atoms with van der Waals surface area (Å²) in [5.41, 5.74) is 1.26. The monoisotopic (exact) mass is 300 g/mol. The van der Waals surface area contributed by atoms with Gasteiger partial charge in [0.2, 0.25) is 0 Å². The fraction of sp³-hybridized carbons (Fsp3) is 0.444. The van der Waals surface area contributed by atoms with Gasteiger partial charge in [-0.1, -0.05) is 12.1 Å². The third-order valence-electron chi connectivity index (χ3n) is 4.28. The fourth-order valence-electron chi connectivity index (χ4n) is 3.04. The van der Waals surface area contributed by atoms with E-state index in [0.29, 0.717) is 6.04 Å². The highest BCUT2D eigenvalue weighted by Gasteiger charge is 2.24. The molecule has 1 aliphatic heterocycles. The molecule has 0 aliphatic carbocycles. The molecule has 0 spiro atoms. The number of nitrogens with zero attached hydrogens (tertiary/aromatic N) is 1. The number of likely N-dealkylation sites (tertiary alicyclic amines) is 1. The predicted molar refractivity (Wildman–Crippen MR) is 87.0 cm³/mol. The zero-order valence-electron chi connectivity index (χ0n) is 13.1. The molecular weight excluding hydrogens is 276 g/mol. The van der Waals surface area contributed by atoms with E-state index in [-0.39, 0.29) is 0 Å². The lowest BCUT2D eigenvalue weighted by molar-refractivity contribution is 0.209. The van der Waals surface area contributed by atoms with Crippen LogP contribution >= 0.6 is 0 Å². The summed E-state index contributed by atoms with van der Waals surface area (Å²) >= 11 is 0. The van der Waals surface area contributed by atoms with E-state index >= 15 is 0 Å². The molecule has 0 saturated carbocycles. The van der Waals surface area contributed by atoms with Gasteiger partial charge in [0.15, 0.2) is 0 Å². The molecule has 1 aliphatic rings. The van der Waals surface area contributed by atoms with E-state index in [1.54, 1.807) is 13.4 Å². The minimum absolute atomic E-state index is 0.329. The lowest BCUT2D eigenvalue weighted by Crippen LogP contribution is -2.33. The smallest absolute Gasteiger partial charge is 0.122 e. The Labute approximate surface area is 132 Å². The van der Waals surface area contributed by atoms with Crippen LogP contribution in [0.4, 0.5) is 0 Å². The van der Waals surface area contributed by atoms with Crippen LogP contribution in [0.2, 0.25) is 0 Å². The van der Waals surface area contributed by atoms with Crippen molar-refractivity contribution in [3.8, 4) is 5.75 Å². The van der Waals surface area contributed by atoms with Crippen LogP contribution < -0.4 is 10.1 Å². The van der Waals surface area contributed by atoms with Crippen molar-refractivity contribution in [3.63, 3.8) is 0 Å². The highest BCUT2D eigenvalue weighted by molar-refractivity contribution is 5.27. The van der Waals surface area contributed by atoms with Crippen LogP contribution in [0.25, 0.3) is 0 Å². The summed E-state index contributed by atoms with van der Waals surface area (Å²) in [6, 6.07) is 12.6. The van der Waals surface area contributed by atoms with E-state index in [1.165, 1.54) is 18.4 Å². The summed E-state index contributed by atoms with van der Waals surface area (Å²) in [7, 11) is 1.69. The maximum atomic E-state index is 5.64. The minimum Gasteiger partial charge on any atom is -0.497 e. The quantitative estimate of drug-likeness (QED) is 0.852. The Morgan fingerprint density at radius 1 is 1.18 bits per heavy atom. The van der Waals surface area contributed by atoms with Gasteiger partial charge in [0.05, 0.1) is 19.4 Å². The third kappa shape index (κ3) is 3.70. The standard InChI is InChI=1S/C18H24N2O2/c1-21-16-8-6-15(7-9-16)13-19-14-17(18-5-4-12-22-18)20-10-2-3-11-20/h4-9,12,17,19H,2-3,10-11,13-14H2,1H3. The third-order valence-corrected chi connectivity index (χ3v) is 4.28. The van der Waals surface area contributed by atoms with Crippen LogP contribution in [0, 0.1) is 0 Å². The van der Waals surface area contributed by atoms with E-state index in [9.17, 15) is 0 Å². The molecule has 118 valence electrons. The number of rotatable bonds is 7. The van der Waals surface area contributed by atoms with Gasteiger partial charge in [0, 0.05) is 13.1 Å². The normalized spacial score (nSPS) is 16.8. The largest absolute Gasteiger partial charge is 0.497 e. The van der Waals surface area contributed by atoms with Crippen LogP contribution in [-0.2, 0) is 6.54 Å². The first-order valence-electron chi connectivity index (χ1n) is 7.98. The summed E-state index contributed by atoms with van der Waals surface area (Å²) < 4.78 is 10.8. The number of ether oxygens (including phenoxy) is 1. The second kappa shape index (κ2) is 7.47. The van der Waals surface area contributed by atoms with Gasteiger partial charge in [0.25, 0.3) is 0 Å². The van der Waals surface area contributed by atoms with Crippen molar-refractivity contribution in [3.05, 3.63) is 54.0 Å². The number of benzene rings is 1. The molecular formula is C18H24N2O2. The highest BCUT2D eigenvalue weighted by Crippen LogP contribution is 2.25. The molecule has 3 rings (SSSR count). The van der Waals surface area contributed by atoms with E-state index in [0.717, 1.165) is 37.7 Å². The predicted octanol–water partition coefficient (Wildman–Crippen LogP) is 3.21. The summed E-state index contributed by atoms with van der Waals surface area (Å²) in [5.74, 6) is 1.96. The molecule has 0 amide bonds. The van der Waals surface area contributed by atoms with Crippen molar-refractivity contribution < 1.29 is 9.15 Å².